The van der Waals surface area contributed by atoms with Gasteiger partial charge in [-0.2, -0.15) is 0 Å². The Morgan fingerprint density at radius 3 is 2.22 bits per heavy atom. The molecule has 3 saturated heterocycles. The van der Waals surface area contributed by atoms with Crippen LogP contribution in [-0.4, -0.2) is 65.3 Å². The van der Waals surface area contributed by atoms with Crippen molar-refractivity contribution in [3.05, 3.63) is 90.5 Å². The number of hydrogen-bond acceptors (Lipinski definition) is 6. The Morgan fingerprint density at radius 1 is 0.865 bits per heavy atom. The summed E-state index contributed by atoms with van der Waals surface area (Å²) in [7, 11) is 1.78. The van der Waals surface area contributed by atoms with Crippen LogP contribution < -0.4 is 15.0 Å². The highest BCUT2D eigenvalue weighted by molar-refractivity contribution is 6.00. The zero-order chi connectivity index (χ0) is 25.5. The molecule has 0 aliphatic carbocycles. The monoisotopic (exact) mass is 497 g/mol. The minimum Gasteiger partial charge on any atom is -0.457 e. The molecule has 3 aliphatic heterocycles. The maximum absolute atomic E-state index is 13.8. The first-order valence-corrected chi connectivity index (χ1v) is 12.7. The highest BCUT2D eigenvalue weighted by Crippen LogP contribution is 2.35. The lowest BCUT2D eigenvalue weighted by atomic mass is 10.0. The standard InChI is InChI=1S/C29H31N5O3/c1-20-17-32(22-13-15-24(16-14-22)37-23-11-7-4-8-12-23)28-30-26-25(33(28)18-20)27(35)34(29(36)31(26)2)19-21-9-5-3-6-10-21/h3-16,20,25-26,28,30H,17-19H2,1-2H3. The van der Waals surface area contributed by atoms with Gasteiger partial charge < -0.3 is 14.5 Å². The van der Waals surface area contributed by atoms with E-state index in [4.69, 9.17) is 4.74 Å². The summed E-state index contributed by atoms with van der Waals surface area (Å²) in [5.74, 6) is 1.76. The number of carbonyl (C=O) groups is 2. The topological polar surface area (TPSA) is 68.4 Å². The van der Waals surface area contributed by atoms with E-state index >= 15 is 0 Å². The third-order valence-electron chi connectivity index (χ3n) is 7.42. The van der Waals surface area contributed by atoms with Crippen molar-refractivity contribution in [1.29, 1.82) is 0 Å². The van der Waals surface area contributed by atoms with Crippen LogP contribution in [0.5, 0.6) is 11.5 Å². The Bertz CT molecular complexity index is 1270. The van der Waals surface area contributed by atoms with E-state index in [1.807, 2.05) is 72.8 Å². The summed E-state index contributed by atoms with van der Waals surface area (Å²) in [5.41, 5.74) is 1.97. The molecular weight excluding hydrogens is 466 g/mol. The van der Waals surface area contributed by atoms with Crippen LogP contribution >= 0.6 is 0 Å². The van der Waals surface area contributed by atoms with Crippen molar-refractivity contribution in [1.82, 2.24) is 20.0 Å². The van der Waals surface area contributed by atoms with Gasteiger partial charge in [0.25, 0.3) is 5.91 Å². The second-order valence-corrected chi connectivity index (χ2v) is 10.1. The first-order valence-electron chi connectivity index (χ1n) is 12.7. The van der Waals surface area contributed by atoms with E-state index in [2.05, 4.69) is 34.2 Å². The van der Waals surface area contributed by atoms with E-state index in [0.29, 0.717) is 5.92 Å². The maximum atomic E-state index is 13.8. The van der Waals surface area contributed by atoms with Crippen LogP contribution in [0.25, 0.3) is 0 Å². The number of nitrogens with zero attached hydrogens (tertiary/aromatic N) is 4. The Labute approximate surface area is 217 Å². The summed E-state index contributed by atoms with van der Waals surface area (Å²) in [6.45, 7) is 4.09. The van der Waals surface area contributed by atoms with Gasteiger partial charge in [0.15, 0.2) is 0 Å². The second kappa shape index (κ2) is 9.53. The molecule has 190 valence electrons. The smallest absolute Gasteiger partial charge is 0.328 e. The van der Waals surface area contributed by atoms with E-state index in [9.17, 15) is 9.59 Å². The third kappa shape index (κ3) is 4.32. The molecule has 3 amide bonds. The Balaban J connectivity index is 1.24. The highest BCUT2D eigenvalue weighted by Gasteiger charge is 2.56. The number of rotatable bonds is 5. The minimum atomic E-state index is -0.442. The van der Waals surface area contributed by atoms with E-state index in [1.165, 1.54) is 4.90 Å². The molecule has 37 heavy (non-hydrogen) atoms. The molecule has 6 rings (SSSR count). The zero-order valence-electron chi connectivity index (χ0n) is 21.0. The van der Waals surface area contributed by atoms with Crippen LogP contribution in [0.4, 0.5) is 10.5 Å². The molecule has 0 aromatic heterocycles. The minimum absolute atomic E-state index is 0.146. The average Bonchev–Trinajstić information content (AvgIpc) is 3.31. The summed E-state index contributed by atoms with van der Waals surface area (Å²) in [4.78, 5) is 34.6. The van der Waals surface area contributed by atoms with Gasteiger partial charge in [0.1, 0.15) is 30.0 Å². The van der Waals surface area contributed by atoms with Crippen molar-refractivity contribution in [2.75, 3.05) is 25.0 Å². The number of carbonyl (C=O) groups excluding carboxylic acids is 2. The van der Waals surface area contributed by atoms with Crippen molar-refractivity contribution in [3.63, 3.8) is 0 Å². The van der Waals surface area contributed by atoms with Crippen molar-refractivity contribution >= 4 is 17.6 Å². The number of fused-ring (bicyclic) bond motifs is 3. The van der Waals surface area contributed by atoms with E-state index < -0.39 is 6.04 Å². The van der Waals surface area contributed by atoms with Gasteiger partial charge in [0.05, 0.1) is 6.54 Å². The Morgan fingerprint density at radius 2 is 1.51 bits per heavy atom. The molecule has 0 saturated carbocycles. The lowest BCUT2D eigenvalue weighted by molar-refractivity contribution is -0.139. The van der Waals surface area contributed by atoms with Gasteiger partial charge >= 0.3 is 6.03 Å². The van der Waals surface area contributed by atoms with Crippen LogP contribution in [0.3, 0.4) is 0 Å². The van der Waals surface area contributed by atoms with Crippen LogP contribution in [0.1, 0.15) is 12.5 Å². The summed E-state index contributed by atoms with van der Waals surface area (Å²) in [5, 5.41) is 3.59. The summed E-state index contributed by atoms with van der Waals surface area (Å²) in [6, 6.07) is 26.7. The third-order valence-corrected chi connectivity index (χ3v) is 7.42. The van der Waals surface area contributed by atoms with Crippen molar-refractivity contribution in [2.24, 2.45) is 5.92 Å². The predicted octanol–water partition coefficient (Wildman–Crippen LogP) is 3.91. The number of amides is 3. The Kier molecular flexibility index (Phi) is 6.06. The number of benzene rings is 3. The van der Waals surface area contributed by atoms with Gasteiger partial charge in [-0.15, -0.1) is 0 Å². The molecule has 3 fully saturated rings. The number of ether oxygens (including phenoxy) is 1. The fourth-order valence-corrected chi connectivity index (χ4v) is 5.66. The number of hydrogen-bond donors (Lipinski definition) is 1. The largest absolute Gasteiger partial charge is 0.457 e. The first kappa shape index (κ1) is 23.5. The Hall–Kier alpha value is -3.88. The fourth-order valence-electron chi connectivity index (χ4n) is 5.66. The predicted molar refractivity (Wildman–Crippen MR) is 141 cm³/mol. The number of imide groups is 1. The number of likely N-dealkylation sites (N-methyl/N-ethyl adjacent to an activating group) is 1. The van der Waals surface area contributed by atoms with Gasteiger partial charge in [0.2, 0.25) is 0 Å². The molecule has 0 bridgehead atoms. The molecule has 8 nitrogen and oxygen atoms in total. The van der Waals surface area contributed by atoms with Crippen LogP contribution in [0.2, 0.25) is 0 Å². The van der Waals surface area contributed by atoms with Gasteiger partial charge in [-0.05, 0) is 47.9 Å². The normalized spacial score (nSPS) is 25.7. The number of urea groups is 1. The first-order chi connectivity index (χ1) is 18.0. The van der Waals surface area contributed by atoms with Crippen LogP contribution in [0, 0.1) is 5.92 Å². The maximum Gasteiger partial charge on any atom is 0.328 e. The van der Waals surface area contributed by atoms with Gasteiger partial charge in [-0.3, -0.25) is 19.9 Å². The fraction of sp³-hybridized carbons (Fsp3) is 0.310. The van der Waals surface area contributed by atoms with Gasteiger partial charge in [-0.25, -0.2) is 4.79 Å². The van der Waals surface area contributed by atoms with Gasteiger partial charge in [0, 0.05) is 25.8 Å². The molecule has 1 N–H and O–H groups in total. The summed E-state index contributed by atoms with van der Waals surface area (Å²) >= 11 is 0. The highest BCUT2D eigenvalue weighted by atomic mass is 16.5. The molecule has 4 atom stereocenters. The number of para-hydroxylation sites is 1. The summed E-state index contributed by atoms with van der Waals surface area (Å²) in [6.07, 6.45) is -0.575. The zero-order valence-corrected chi connectivity index (χ0v) is 21.0. The van der Waals surface area contributed by atoms with Crippen molar-refractivity contribution in [2.45, 2.75) is 32.0 Å². The molecule has 3 aromatic carbocycles. The van der Waals surface area contributed by atoms with E-state index in [-0.39, 0.29) is 30.9 Å². The average molecular weight is 498 g/mol. The molecule has 8 heteroatoms. The molecule has 3 heterocycles. The lowest BCUT2D eigenvalue weighted by Crippen LogP contribution is -2.66. The van der Waals surface area contributed by atoms with Crippen molar-refractivity contribution in [3.8, 4) is 11.5 Å². The molecule has 3 aromatic rings. The van der Waals surface area contributed by atoms with Crippen LogP contribution in [-0.2, 0) is 11.3 Å². The van der Waals surface area contributed by atoms with Crippen LogP contribution in [0.15, 0.2) is 84.9 Å². The van der Waals surface area contributed by atoms with Gasteiger partial charge in [-0.1, -0.05) is 55.5 Å². The number of nitrogens with one attached hydrogen (secondary N) is 1. The molecule has 0 radical (unpaired) electrons. The number of anilines is 1. The van der Waals surface area contributed by atoms with E-state index in [1.54, 1.807) is 11.9 Å². The molecule has 3 aliphatic rings. The molecule has 4 unspecified atom stereocenters. The van der Waals surface area contributed by atoms with E-state index in [0.717, 1.165) is 35.8 Å². The lowest BCUT2D eigenvalue weighted by Gasteiger charge is -2.46. The SMILES string of the molecule is CC1CN(c2ccc(Oc3ccccc3)cc2)C2NC3C(C(=O)N(Cc4ccccc4)C(=O)N3C)N2C1. The van der Waals surface area contributed by atoms with Crippen molar-refractivity contribution < 1.29 is 14.3 Å². The molecule has 0 spiro atoms. The summed E-state index contributed by atoms with van der Waals surface area (Å²) < 4.78 is 5.97. The molecular formula is C29H31N5O3. The quantitative estimate of drug-likeness (QED) is 0.577. The second-order valence-electron chi connectivity index (χ2n) is 10.1.